The molecule has 0 spiro atoms. The van der Waals surface area contributed by atoms with Gasteiger partial charge in [-0.15, -0.1) is 0 Å². The number of aryl methyl sites for hydroxylation is 1. The third-order valence-corrected chi connectivity index (χ3v) is 4.96. The molecule has 0 aliphatic heterocycles. The van der Waals surface area contributed by atoms with E-state index in [1.807, 2.05) is 0 Å². The Kier molecular flexibility index (Phi) is 3.33. The Morgan fingerprint density at radius 2 is 2.11 bits per heavy atom. The molecule has 1 saturated carbocycles. The van der Waals surface area contributed by atoms with Crippen molar-refractivity contribution in [2.24, 2.45) is 11.8 Å². The van der Waals surface area contributed by atoms with Gasteiger partial charge in [0.1, 0.15) is 5.82 Å². The van der Waals surface area contributed by atoms with Crippen LogP contribution in [0.3, 0.4) is 0 Å². The van der Waals surface area contributed by atoms with Gasteiger partial charge in [-0.05, 0) is 42.9 Å². The molecule has 1 aliphatic rings. The maximum absolute atomic E-state index is 13.2. The molecule has 3 N–H and O–H groups in total. The monoisotopic (exact) mass is 272 g/mol. The van der Waals surface area contributed by atoms with E-state index >= 15 is 0 Å². The van der Waals surface area contributed by atoms with E-state index < -0.39 is 15.8 Å². The van der Waals surface area contributed by atoms with Crippen LogP contribution in [0.25, 0.3) is 0 Å². The van der Waals surface area contributed by atoms with Gasteiger partial charge in [-0.3, -0.25) is 0 Å². The number of hydrogen-bond acceptors (Lipinski definition) is 3. The van der Waals surface area contributed by atoms with Crippen LogP contribution in [0, 0.1) is 24.6 Å². The summed E-state index contributed by atoms with van der Waals surface area (Å²) in [6.07, 6.45) is 1.05. The molecule has 1 fully saturated rings. The van der Waals surface area contributed by atoms with Gasteiger partial charge in [0.25, 0.3) is 0 Å². The molecule has 0 amide bonds. The number of nitrogens with two attached hydrogens (primary N) is 1. The van der Waals surface area contributed by atoms with Crippen molar-refractivity contribution in [2.75, 3.05) is 12.3 Å². The van der Waals surface area contributed by atoms with Crippen LogP contribution in [0.15, 0.2) is 17.0 Å². The van der Waals surface area contributed by atoms with Crippen molar-refractivity contribution in [2.45, 2.75) is 25.2 Å². The molecule has 6 heteroatoms. The van der Waals surface area contributed by atoms with Crippen LogP contribution in [0.2, 0.25) is 0 Å². The molecule has 4 nitrogen and oxygen atoms in total. The van der Waals surface area contributed by atoms with Crippen LogP contribution >= 0.6 is 0 Å². The molecule has 0 heterocycles. The molecule has 2 rings (SSSR count). The summed E-state index contributed by atoms with van der Waals surface area (Å²) in [6, 6.07) is 2.31. The van der Waals surface area contributed by atoms with E-state index in [1.54, 1.807) is 6.92 Å². The highest BCUT2D eigenvalue weighted by molar-refractivity contribution is 7.89. The summed E-state index contributed by atoms with van der Waals surface area (Å²) in [7, 11) is -3.61. The maximum Gasteiger partial charge on any atom is 0.240 e. The van der Waals surface area contributed by atoms with Crippen LogP contribution in [0.4, 0.5) is 10.1 Å². The third-order valence-electron chi connectivity index (χ3n) is 3.40. The second-order valence-electron chi connectivity index (χ2n) is 4.96. The molecule has 1 aliphatic carbocycles. The Morgan fingerprint density at radius 1 is 1.50 bits per heavy atom. The highest BCUT2D eigenvalue weighted by Crippen LogP contribution is 2.37. The predicted octanol–water partition coefficient (Wildman–Crippen LogP) is 1.65. The number of halogens is 1. The highest BCUT2D eigenvalue weighted by atomic mass is 32.2. The molecule has 0 bridgehead atoms. The Labute approximate surface area is 106 Å². The summed E-state index contributed by atoms with van der Waals surface area (Å²) in [4.78, 5) is 0.0507. The Morgan fingerprint density at radius 3 is 2.67 bits per heavy atom. The zero-order chi connectivity index (χ0) is 13.5. The molecule has 0 saturated heterocycles. The Hall–Kier alpha value is -1.14. The summed E-state index contributed by atoms with van der Waals surface area (Å²) in [5.41, 5.74) is 5.62. The van der Waals surface area contributed by atoms with Crippen molar-refractivity contribution in [1.82, 2.24) is 4.72 Å². The fraction of sp³-hybridized carbons (Fsp3) is 0.500. The minimum atomic E-state index is -3.61. The van der Waals surface area contributed by atoms with E-state index in [9.17, 15) is 12.8 Å². The fourth-order valence-electron chi connectivity index (χ4n) is 1.94. The van der Waals surface area contributed by atoms with Gasteiger partial charge in [0.15, 0.2) is 0 Å². The molecule has 2 atom stereocenters. The molecular weight excluding hydrogens is 255 g/mol. The van der Waals surface area contributed by atoms with Crippen LogP contribution in [0.1, 0.15) is 18.9 Å². The van der Waals surface area contributed by atoms with Crippen molar-refractivity contribution in [3.63, 3.8) is 0 Å². The van der Waals surface area contributed by atoms with Gasteiger partial charge >= 0.3 is 0 Å². The normalized spacial score (nSPS) is 23.1. The fourth-order valence-corrected chi connectivity index (χ4v) is 3.29. The lowest BCUT2D eigenvalue weighted by Crippen LogP contribution is -2.27. The van der Waals surface area contributed by atoms with Crippen LogP contribution in [-0.4, -0.2) is 15.0 Å². The van der Waals surface area contributed by atoms with Gasteiger partial charge in [-0.25, -0.2) is 17.5 Å². The molecule has 0 radical (unpaired) electrons. The first-order valence-corrected chi connectivity index (χ1v) is 7.35. The number of rotatable bonds is 4. The summed E-state index contributed by atoms with van der Waals surface area (Å²) < 4.78 is 39.9. The molecule has 1 aromatic carbocycles. The van der Waals surface area contributed by atoms with Crippen molar-refractivity contribution < 1.29 is 12.8 Å². The lowest BCUT2D eigenvalue weighted by Gasteiger charge is -2.10. The van der Waals surface area contributed by atoms with Gasteiger partial charge in [-0.2, -0.15) is 0 Å². The zero-order valence-corrected chi connectivity index (χ0v) is 11.2. The number of sulfonamides is 1. The van der Waals surface area contributed by atoms with E-state index in [0.717, 1.165) is 12.5 Å². The first kappa shape index (κ1) is 13.3. The van der Waals surface area contributed by atoms with Crippen molar-refractivity contribution in [3.05, 3.63) is 23.5 Å². The number of nitrogens with one attached hydrogen (secondary N) is 1. The van der Waals surface area contributed by atoms with Crippen LogP contribution in [0.5, 0.6) is 0 Å². The van der Waals surface area contributed by atoms with E-state index in [2.05, 4.69) is 11.6 Å². The van der Waals surface area contributed by atoms with Crippen molar-refractivity contribution >= 4 is 15.7 Å². The average molecular weight is 272 g/mol. The summed E-state index contributed by atoms with van der Waals surface area (Å²) in [6.45, 7) is 4.07. The topological polar surface area (TPSA) is 72.2 Å². The lowest BCUT2D eigenvalue weighted by atomic mass is 10.2. The van der Waals surface area contributed by atoms with Gasteiger partial charge in [0.2, 0.25) is 10.0 Å². The second-order valence-corrected chi connectivity index (χ2v) is 6.70. The first-order valence-electron chi connectivity index (χ1n) is 5.86. The number of nitrogen functional groups attached to an aromatic ring is 1. The zero-order valence-electron chi connectivity index (χ0n) is 10.4. The molecule has 1 aromatic rings. The van der Waals surface area contributed by atoms with E-state index in [4.69, 9.17) is 5.73 Å². The minimum absolute atomic E-state index is 0.0507. The second kappa shape index (κ2) is 4.51. The predicted molar refractivity (Wildman–Crippen MR) is 68.0 cm³/mol. The van der Waals surface area contributed by atoms with Gasteiger partial charge in [0, 0.05) is 6.54 Å². The van der Waals surface area contributed by atoms with Crippen LogP contribution < -0.4 is 10.5 Å². The largest absolute Gasteiger partial charge is 0.396 e. The molecule has 2 unspecified atom stereocenters. The first-order chi connectivity index (χ1) is 8.31. The quantitative estimate of drug-likeness (QED) is 0.819. The standard InChI is InChI=1S/C12H17FN2O2S/c1-7-3-9(7)6-15-18(16,17)12-5-11(14)10(13)4-8(12)2/h4-5,7,9,15H,3,6,14H2,1-2H3. The summed E-state index contributed by atoms with van der Waals surface area (Å²) >= 11 is 0. The minimum Gasteiger partial charge on any atom is -0.396 e. The summed E-state index contributed by atoms with van der Waals surface area (Å²) in [5.74, 6) is 0.396. The Balaban J connectivity index is 2.21. The highest BCUT2D eigenvalue weighted by Gasteiger charge is 2.33. The van der Waals surface area contributed by atoms with E-state index in [-0.39, 0.29) is 10.6 Å². The van der Waals surface area contributed by atoms with E-state index in [1.165, 1.54) is 6.07 Å². The molecule has 0 aromatic heterocycles. The van der Waals surface area contributed by atoms with Gasteiger partial charge in [0.05, 0.1) is 10.6 Å². The van der Waals surface area contributed by atoms with E-state index in [0.29, 0.717) is 23.9 Å². The summed E-state index contributed by atoms with van der Waals surface area (Å²) in [5, 5.41) is 0. The lowest BCUT2D eigenvalue weighted by molar-refractivity contribution is 0.573. The molecule has 18 heavy (non-hydrogen) atoms. The number of anilines is 1. The number of benzene rings is 1. The Bertz CT molecular complexity index is 572. The van der Waals surface area contributed by atoms with Crippen LogP contribution in [-0.2, 0) is 10.0 Å². The van der Waals surface area contributed by atoms with Crippen molar-refractivity contribution in [3.8, 4) is 0 Å². The number of hydrogen-bond donors (Lipinski definition) is 2. The average Bonchev–Trinajstić information content (AvgIpc) is 2.97. The van der Waals surface area contributed by atoms with Gasteiger partial charge < -0.3 is 5.73 Å². The van der Waals surface area contributed by atoms with Crippen molar-refractivity contribution in [1.29, 1.82) is 0 Å². The molecular formula is C12H17FN2O2S. The smallest absolute Gasteiger partial charge is 0.240 e. The SMILES string of the molecule is Cc1cc(F)c(N)cc1S(=O)(=O)NCC1CC1C. The third kappa shape index (κ3) is 2.64. The maximum atomic E-state index is 13.2. The molecule has 100 valence electrons. The van der Waals surface area contributed by atoms with Gasteiger partial charge in [-0.1, -0.05) is 6.92 Å².